The number of carbonyl (C=O) groups excluding carboxylic acids is 2. The number of amides is 1. The van der Waals surface area contributed by atoms with Gasteiger partial charge >= 0.3 is 0 Å². The highest BCUT2D eigenvalue weighted by molar-refractivity contribution is 6.31. The Balaban J connectivity index is 2.58. The number of hydrogen-bond acceptors (Lipinski definition) is 2. The molecule has 1 saturated carbocycles. The first-order chi connectivity index (χ1) is 9.91. The van der Waals surface area contributed by atoms with E-state index >= 15 is 0 Å². The highest BCUT2D eigenvalue weighted by atomic mass is 35.5. The molecule has 0 heterocycles. The summed E-state index contributed by atoms with van der Waals surface area (Å²) in [7, 11) is 1.73. The number of benzene rings is 1. The van der Waals surface area contributed by atoms with Gasteiger partial charge in [-0.1, -0.05) is 43.6 Å². The van der Waals surface area contributed by atoms with E-state index in [-0.39, 0.29) is 17.6 Å². The maximum Gasteiger partial charge on any atom is 0.225 e. The zero-order valence-corrected chi connectivity index (χ0v) is 13.6. The van der Waals surface area contributed by atoms with Crippen LogP contribution in [0.1, 0.15) is 45.1 Å². The van der Waals surface area contributed by atoms with Gasteiger partial charge in [0, 0.05) is 30.0 Å². The minimum absolute atomic E-state index is 0.0230. The molecule has 2 rings (SSSR count). The molecule has 0 radical (unpaired) electrons. The van der Waals surface area contributed by atoms with E-state index in [1.807, 2.05) is 32.0 Å². The van der Waals surface area contributed by atoms with Gasteiger partial charge in [0.2, 0.25) is 5.91 Å². The summed E-state index contributed by atoms with van der Waals surface area (Å²) in [4.78, 5) is 26.9. The van der Waals surface area contributed by atoms with Crippen molar-refractivity contribution in [3.8, 4) is 0 Å². The van der Waals surface area contributed by atoms with Crippen LogP contribution in [0.2, 0.25) is 5.02 Å². The second-order valence-corrected chi connectivity index (χ2v) is 6.43. The second-order valence-electron chi connectivity index (χ2n) is 6.02. The van der Waals surface area contributed by atoms with Crippen LogP contribution < -0.4 is 0 Å². The Hall–Kier alpha value is -1.35. The number of Topliss-reactive ketones (excluding diaryl/α,β-unsaturated/α-hetero) is 1. The number of ketones is 1. The topological polar surface area (TPSA) is 37.4 Å². The molecular weight excluding hydrogens is 286 g/mol. The van der Waals surface area contributed by atoms with Crippen LogP contribution in [0.4, 0.5) is 0 Å². The van der Waals surface area contributed by atoms with E-state index in [9.17, 15) is 9.59 Å². The SMILES string of the molecule is CC(C)C(=O)N(C)[C@@]1(c2ccccc2Cl)CCCCC1=O. The van der Waals surface area contributed by atoms with Crippen molar-refractivity contribution in [1.29, 1.82) is 0 Å². The van der Waals surface area contributed by atoms with E-state index in [0.717, 1.165) is 18.4 Å². The average Bonchev–Trinajstić information content (AvgIpc) is 2.47. The van der Waals surface area contributed by atoms with Crippen molar-refractivity contribution in [2.75, 3.05) is 7.05 Å². The van der Waals surface area contributed by atoms with Gasteiger partial charge in [0.05, 0.1) is 0 Å². The third kappa shape index (κ3) is 2.71. The predicted molar refractivity (Wildman–Crippen MR) is 84.2 cm³/mol. The fraction of sp³-hybridized carbons (Fsp3) is 0.529. The molecule has 114 valence electrons. The highest BCUT2D eigenvalue weighted by Gasteiger charge is 2.48. The van der Waals surface area contributed by atoms with Gasteiger partial charge in [0.15, 0.2) is 5.78 Å². The van der Waals surface area contributed by atoms with E-state index in [0.29, 0.717) is 17.9 Å². The van der Waals surface area contributed by atoms with Crippen LogP contribution >= 0.6 is 11.6 Å². The largest absolute Gasteiger partial charge is 0.329 e. The maximum atomic E-state index is 12.8. The molecule has 0 unspecified atom stereocenters. The molecule has 0 spiro atoms. The molecule has 1 aliphatic rings. The molecule has 0 aliphatic heterocycles. The van der Waals surface area contributed by atoms with Gasteiger partial charge in [-0.05, 0) is 25.3 Å². The predicted octanol–water partition coefficient (Wildman–Crippen LogP) is 3.79. The quantitative estimate of drug-likeness (QED) is 0.852. The summed E-state index contributed by atoms with van der Waals surface area (Å²) in [6.45, 7) is 3.71. The summed E-state index contributed by atoms with van der Waals surface area (Å²) in [5.41, 5.74) is -0.148. The zero-order valence-electron chi connectivity index (χ0n) is 12.9. The second kappa shape index (κ2) is 6.18. The molecule has 1 aromatic rings. The van der Waals surface area contributed by atoms with E-state index in [4.69, 9.17) is 11.6 Å². The number of likely N-dealkylation sites (N-methyl/N-ethyl adjacent to an activating group) is 1. The van der Waals surface area contributed by atoms with E-state index in [1.165, 1.54) is 0 Å². The summed E-state index contributed by atoms with van der Waals surface area (Å²) in [5, 5.41) is 0.552. The van der Waals surface area contributed by atoms with E-state index < -0.39 is 5.54 Å². The fourth-order valence-electron chi connectivity index (χ4n) is 3.20. The van der Waals surface area contributed by atoms with Crippen LogP contribution in [-0.2, 0) is 15.1 Å². The van der Waals surface area contributed by atoms with E-state index in [1.54, 1.807) is 18.0 Å². The Bertz CT molecular complexity index is 555. The molecule has 1 atom stereocenters. The molecule has 1 aromatic carbocycles. The summed E-state index contributed by atoms with van der Waals surface area (Å²) < 4.78 is 0. The van der Waals surface area contributed by atoms with Gasteiger partial charge in [-0.25, -0.2) is 0 Å². The van der Waals surface area contributed by atoms with E-state index in [2.05, 4.69) is 0 Å². The number of nitrogens with zero attached hydrogens (tertiary/aromatic N) is 1. The van der Waals surface area contributed by atoms with Crippen LogP contribution in [0.3, 0.4) is 0 Å². The highest BCUT2D eigenvalue weighted by Crippen LogP contribution is 2.42. The molecule has 1 amide bonds. The van der Waals surface area contributed by atoms with Crippen LogP contribution in [0.25, 0.3) is 0 Å². The molecule has 1 aliphatic carbocycles. The van der Waals surface area contributed by atoms with Crippen LogP contribution in [-0.4, -0.2) is 23.6 Å². The Morgan fingerprint density at radius 3 is 2.52 bits per heavy atom. The number of rotatable bonds is 3. The number of carbonyl (C=O) groups is 2. The minimum atomic E-state index is -0.905. The minimum Gasteiger partial charge on any atom is -0.329 e. The first-order valence-electron chi connectivity index (χ1n) is 7.47. The van der Waals surface area contributed by atoms with Crippen molar-refractivity contribution in [3.63, 3.8) is 0 Å². The average molecular weight is 308 g/mol. The molecule has 0 N–H and O–H groups in total. The molecule has 4 heteroatoms. The molecule has 21 heavy (non-hydrogen) atoms. The Morgan fingerprint density at radius 2 is 1.95 bits per heavy atom. The van der Waals surface area contributed by atoms with Gasteiger partial charge in [-0.15, -0.1) is 0 Å². The normalized spacial score (nSPS) is 22.4. The fourth-order valence-corrected chi connectivity index (χ4v) is 3.50. The summed E-state index contributed by atoms with van der Waals surface area (Å²) >= 11 is 6.35. The van der Waals surface area contributed by atoms with Crippen molar-refractivity contribution in [3.05, 3.63) is 34.9 Å². The van der Waals surface area contributed by atoms with Crippen molar-refractivity contribution in [2.45, 2.75) is 45.1 Å². The lowest BCUT2D eigenvalue weighted by molar-refractivity contribution is -0.150. The standard InChI is InChI=1S/C17H22ClNO2/c1-12(2)16(21)19(3)17(11-7-6-10-15(17)20)13-8-4-5-9-14(13)18/h4-5,8-9,12H,6-7,10-11H2,1-3H3/t17-/m1/s1. The lowest BCUT2D eigenvalue weighted by Crippen LogP contribution is -2.55. The Kier molecular flexibility index (Phi) is 4.72. The number of halogens is 1. The smallest absolute Gasteiger partial charge is 0.225 e. The van der Waals surface area contributed by atoms with Gasteiger partial charge in [-0.2, -0.15) is 0 Å². The molecule has 0 bridgehead atoms. The maximum absolute atomic E-state index is 12.8. The van der Waals surface area contributed by atoms with Crippen molar-refractivity contribution >= 4 is 23.3 Å². The van der Waals surface area contributed by atoms with Crippen LogP contribution in [0.5, 0.6) is 0 Å². The summed E-state index contributed by atoms with van der Waals surface area (Å²) in [6.07, 6.45) is 2.95. The zero-order chi connectivity index (χ0) is 15.6. The molecule has 1 fully saturated rings. The monoisotopic (exact) mass is 307 g/mol. The molecular formula is C17H22ClNO2. The van der Waals surface area contributed by atoms with Gasteiger partial charge < -0.3 is 4.90 Å². The molecule has 3 nitrogen and oxygen atoms in total. The summed E-state index contributed by atoms with van der Waals surface area (Å²) in [5.74, 6) is -0.0763. The third-order valence-electron chi connectivity index (χ3n) is 4.37. The molecule has 0 aromatic heterocycles. The lowest BCUT2D eigenvalue weighted by atomic mass is 9.74. The number of hydrogen-bond donors (Lipinski definition) is 0. The van der Waals surface area contributed by atoms with Gasteiger partial charge in [0.1, 0.15) is 5.54 Å². The Morgan fingerprint density at radius 1 is 1.29 bits per heavy atom. The Labute approximate surface area is 131 Å². The van der Waals surface area contributed by atoms with Crippen LogP contribution in [0.15, 0.2) is 24.3 Å². The van der Waals surface area contributed by atoms with Gasteiger partial charge in [-0.3, -0.25) is 9.59 Å². The molecule has 0 saturated heterocycles. The van der Waals surface area contributed by atoms with Crippen molar-refractivity contribution < 1.29 is 9.59 Å². The lowest BCUT2D eigenvalue weighted by Gasteiger charge is -2.44. The van der Waals surface area contributed by atoms with Gasteiger partial charge in [0.25, 0.3) is 0 Å². The van der Waals surface area contributed by atoms with Crippen molar-refractivity contribution in [2.24, 2.45) is 5.92 Å². The first kappa shape index (κ1) is 16.0. The third-order valence-corrected chi connectivity index (χ3v) is 4.70. The van der Waals surface area contributed by atoms with Crippen LogP contribution in [0, 0.1) is 5.92 Å². The first-order valence-corrected chi connectivity index (χ1v) is 7.85. The van der Waals surface area contributed by atoms with Crippen molar-refractivity contribution in [1.82, 2.24) is 4.90 Å². The summed E-state index contributed by atoms with van der Waals surface area (Å²) in [6, 6.07) is 7.37.